The van der Waals surface area contributed by atoms with Crippen molar-refractivity contribution in [1.82, 2.24) is 14.8 Å². The highest BCUT2D eigenvalue weighted by atomic mass is 32.2. The lowest BCUT2D eigenvalue weighted by Gasteiger charge is -2.10. The van der Waals surface area contributed by atoms with E-state index in [1.54, 1.807) is 0 Å². The Balaban J connectivity index is 1.45. The highest BCUT2D eigenvalue weighted by molar-refractivity contribution is 7.99. The van der Waals surface area contributed by atoms with E-state index in [0.717, 1.165) is 27.3 Å². The van der Waals surface area contributed by atoms with Crippen LogP contribution in [0.2, 0.25) is 0 Å². The Bertz CT molecular complexity index is 1400. The molecule has 0 aliphatic heterocycles. The molecule has 2 aromatic heterocycles. The Hall–Kier alpha value is -3.63. The van der Waals surface area contributed by atoms with Gasteiger partial charge in [0.05, 0.1) is 12.9 Å². The zero-order valence-corrected chi connectivity index (χ0v) is 22.7. The first kappa shape index (κ1) is 26.4. The fraction of sp³-hybridized carbons (Fsp3) is 0.259. The number of thiophene rings is 1. The molecule has 10 heteroatoms. The van der Waals surface area contributed by atoms with Crippen molar-refractivity contribution in [1.29, 1.82) is 0 Å². The third-order valence-corrected chi connectivity index (χ3v) is 7.58. The van der Waals surface area contributed by atoms with E-state index < -0.39 is 5.97 Å². The van der Waals surface area contributed by atoms with Gasteiger partial charge in [-0.25, -0.2) is 4.79 Å². The predicted octanol–water partition coefficient (Wildman–Crippen LogP) is 5.74. The van der Waals surface area contributed by atoms with Crippen LogP contribution in [0.4, 0.5) is 5.00 Å². The lowest BCUT2D eigenvalue weighted by atomic mass is 10.0. The van der Waals surface area contributed by atoms with Gasteiger partial charge in [0.2, 0.25) is 5.91 Å². The summed E-state index contributed by atoms with van der Waals surface area (Å²) in [6.07, 6.45) is 0. The fourth-order valence-corrected chi connectivity index (χ4v) is 5.78. The number of carbonyl (C=O) groups is 2. The number of carbonyl (C=O) groups excluding carboxylic acids is 2. The molecule has 0 saturated heterocycles. The second kappa shape index (κ2) is 12.1. The maximum absolute atomic E-state index is 12.9. The SMILES string of the molecule is CCn1c(COc2cccc(C)c2)nnc1SCC(=O)Nc1sc(C)c(-c2ccccc2)c1C(=O)OC. The number of esters is 1. The van der Waals surface area contributed by atoms with E-state index >= 15 is 0 Å². The largest absolute Gasteiger partial charge is 0.486 e. The van der Waals surface area contributed by atoms with E-state index in [2.05, 4.69) is 15.5 Å². The van der Waals surface area contributed by atoms with Gasteiger partial charge in [-0.2, -0.15) is 0 Å². The number of nitrogens with one attached hydrogen (secondary N) is 1. The van der Waals surface area contributed by atoms with Gasteiger partial charge in [-0.1, -0.05) is 54.2 Å². The molecule has 0 saturated carbocycles. The number of amides is 1. The number of anilines is 1. The topological polar surface area (TPSA) is 95.3 Å². The number of aromatic nitrogens is 3. The van der Waals surface area contributed by atoms with Crippen LogP contribution in [0.1, 0.15) is 33.5 Å². The Morgan fingerprint density at radius 2 is 1.86 bits per heavy atom. The van der Waals surface area contributed by atoms with Crippen molar-refractivity contribution < 1.29 is 19.1 Å². The van der Waals surface area contributed by atoms with Crippen molar-refractivity contribution in [2.75, 3.05) is 18.2 Å². The average Bonchev–Trinajstić information content (AvgIpc) is 3.45. The van der Waals surface area contributed by atoms with E-state index in [-0.39, 0.29) is 18.3 Å². The van der Waals surface area contributed by atoms with Gasteiger partial charge in [0.1, 0.15) is 22.9 Å². The molecule has 0 spiro atoms. The van der Waals surface area contributed by atoms with Crippen LogP contribution in [0.5, 0.6) is 5.75 Å². The van der Waals surface area contributed by atoms with E-state index in [1.807, 2.05) is 79.9 Å². The highest BCUT2D eigenvalue weighted by Crippen LogP contribution is 2.40. The van der Waals surface area contributed by atoms with E-state index in [4.69, 9.17) is 9.47 Å². The van der Waals surface area contributed by atoms with Crippen molar-refractivity contribution in [3.8, 4) is 16.9 Å². The quantitative estimate of drug-likeness (QED) is 0.204. The summed E-state index contributed by atoms with van der Waals surface area (Å²) >= 11 is 2.64. The molecule has 1 amide bonds. The van der Waals surface area contributed by atoms with Gasteiger partial charge in [-0.05, 0) is 44.0 Å². The molecule has 1 N–H and O–H groups in total. The van der Waals surface area contributed by atoms with Crippen LogP contribution in [-0.2, 0) is 22.7 Å². The number of rotatable bonds is 10. The first-order chi connectivity index (χ1) is 17.9. The summed E-state index contributed by atoms with van der Waals surface area (Å²) in [4.78, 5) is 26.5. The normalized spacial score (nSPS) is 10.8. The van der Waals surface area contributed by atoms with Crippen LogP contribution in [0.3, 0.4) is 0 Å². The highest BCUT2D eigenvalue weighted by Gasteiger charge is 2.25. The van der Waals surface area contributed by atoms with Crippen LogP contribution in [-0.4, -0.2) is 39.5 Å². The molecule has 0 aliphatic carbocycles. The third-order valence-electron chi connectivity index (χ3n) is 5.59. The van der Waals surface area contributed by atoms with Crippen molar-refractivity contribution in [3.63, 3.8) is 0 Å². The molecule has 0 atom stereocenters. The van der Waals surface area contributed by atoms with Crippen molar-refractivity contribution in [2.45, 2.75) is 39.1 Å². The van der Waals surface area contributed by atoms with E-state index in [0.29, 0.717) is 28.1 Å². The molecule has 2 aromatic carbocycles. The molecule has 37 heavy (non-hydrogen) atoms. The molecule has 0 fully saturated rings. The van der Waals surface area contributed by atoms with Gasteiger partial charge >= 0.3 is 5.97 Å². The minimum atomic E-state index is -0.491. The van der Waals surface area contributed by atoms with Crippen molar-refractivity contribution in [2.24, 2.45) is 0 Å². The van der Waals surface area contributed by atoms with Gasteiger partial charge < -0.3 is 19.4 Å². The molecule has 0 aliphatic rings. The number of aryl methyl sites for hydroxylation is 2. The molecule has 192 valence electrons. The minimum absolute atomic E-state index is 0.106. The van der Waals surface area contributed by atoms with Crippen LogP contribution in [0.15, 0.2) is 59.8 Å². The van der Waals surface area contributed by atoms with Gasteiger partial charge in [-0.15, -0.1) is 21.5 Å². The minimum Gasteiger partial charge on any atom is -0.486 e. The standard InChI is InChI=1S/C27H28N4O4S2/c1-5-31-21(15-35-20-13-9-10-17(2)14-20)29-30-27(31)36-16-22(32)28-25-24(26(33)34-4)23(18(3)37-25)19-11-7-6-8-12-19/h6-14H,5,15-16H2,1-4H3,(H,28,32). The number of hydrogen-bond acceptors (Lipinski definition) is 8. The van der Waals surface area contributed by atoms with Crippen LogP contribution in [0, 0.1) is 13.8 Å². The van der Waals surface area contributed by atoms with Crippen LogP contribution < -0.4 is 10.1 Å². The smallest absolute Gasteiger partial charge is 0.341 e. The molecule has 8 nitrogen and oxygen atoms in total. The van der Waals surface area contributed by atoms with Crippen molar-refractivity contribution in [3.05, 3.63) is 76.4 Å². The van der Waals surface area contributed by atoms with E-state index in [1.165, 1.54) is 30.2 Å². The van der Waals surface area contributed by atoms with E-state index in [9.17, 15) is 9.59 Å². The van der Waals surface area contributed by atoms with Gasteiger partial charge in [0.15, 0.2) is 11.0 Å². The number of methoxy groups -OCH3 is 1. The van der Waals surface area contributed by atoms with Crippen LogP contribution in [0.25, 0.3) is 11.1 Å². The molecule has 2 heterocycles. The lowest BCUT2D eigenvalue weighted by Crippen LogP contribution is -2.16. The Morgan fingerprint density at radius 3 is 2.57 bits per heavy atom. The number of thioether (sulfide) groups is 1. The third kappa shape index (κ3) is 6.20. The predicted molar refractivity (Wildman–Crippen MR) is 146 cm³/mol. The first-order valence-electron chi connectivity index (χ1n) is 11.7. The number of ether oxygens (including phenoxy) is 2. The molecule has 0 radical (unpaired) electrons. The Morgan fingerprint density at radius 1 is 1.08 bits per heavy atom. The summed E-state index contributed by atoms with van der Waals surface area (Å²) in [5, 5.41) is 12.5. The lowest BCUT2D eigenvalue weighted by molar-refractivity contribution is -0.113. The zero-order chi connectivity index (χ0) is 26.4. The van der Waals surface area contributed by atoms with Gasteiger partial charge in [0.25, 0.3) is 0 Å². The summed E-state index contributed by atoms with van der Waals surface area (Å²) in [7, 11) is 1.34. The number of nitrogens with zero attached hydrogens (tertiary/aromatic N) is 3. The average molecular weight is 537 g/mol. The summed E-state index contributed by atoms with van der Waals surface area (Å²) in [6.45, 7) is 6.84. The molecular weight excluding hydrogens is 508 g/mol. The van der Waals surface area contributed by atoms with Gasteiger partial charge in [-0.3, -0.25) is 4.79 Å². The second-order valence-electron chi connectivity index (χ2n) is 8.18. The maximum Gasteiger partial charge on any atom is 0.341 e. The summed E-state index contributed by atoms with van der Waals surface area (Å²) in [5.41, 5.74) is 3.14. The molecule has 0 bridgehead atoms. The van der Waals surface area contributed by atoms with Crippen molar-refractivity contribution >= 4 is 40.0 Å². The Kier molecular flexibility index (Phi) is 8.62. The summed E-state index contributed by atoms with van der Waals surface area (Å²) in [6, 6.07) is 17.4. The molecule has 4 rings (SSSR count). The molecule has 0 unspecified atom stereocenters. The maximum atomic E-state index is 12.9. The number of benzene rings is 2. The first-order valence-corrected chi connectivity index (χ1v) is 13.5. The second-order valence-corrected chi connectivity index (χ2v) is 10.3. The summed E-state index contributed by atoms with van der Waals surface area (Å²) in [5.74, 6) is 0.812. The fourth-order valence-electron chi connectivity index (χ4n) is 3.88. The molecular formula is C27H28N4O4S2. The molecule has 4 aromatic rings. The zero-order valence-electron chi connectivity index (χ0n) is 21.1. The Labute approximate surface area is 224 Å². The monoisotopic (exact) mass is 536 g/mol. The van der Waals surface area contributed by atoms with Crippen LogP contribution >= 0.6 is 23.1 Å². The van der Waals surface area contributed by atoms with Gasteiger partial charge in [0, 0.05) is 17.0 Å². The number of hydrogen-bond donors (Lipinski definition) is 1. The summed E-state index contributed by atoms with van der Waals surface area (Å²) < 4.78 is 12.8.